The molecule has 4 nitrogen and oxygen atoms in total. The van der Waals surface area contributed by atoms with Crippen molar-refractivity contribution in [1.29, 1.82) is 0 Å². The summed E-state index contributed by atoms with van der Waals surface area (Å²) < 4.78 is 29.9. The van der Waals surface area contributed by atoms with E-state index in [2.05, 4.69) is 11.7 Å². The predicted octanol–water partition coefficient (Wildman–Crippen LogP) is 2.71. The van der Waals surface area contributed by atoms with Gasteiger partial charge in [-0.25, -0.2) is 8.42 Å². The number of carbonyl (C=O) groups excluding carboxylic acids is 1. The molecule has 0 aromatic heterocycles. The molecule has 0 aromatic rings. The number of hydrogen-bond donors (Lipinski definition) is 0. The van der Waals surface area contributed by atoms with Crippen molar-refractivity contribution >= 4 is 15.8 Å². The molecule has 2 atom stereocenters. The van der Waals surface area contributed by atoms with Gasteiger partial charge in [0.1, 0.15) is 0 Å². The molecule has 2 saturated carbocycles. The molecule has 2 aliphatic carbocycles. The number of methoxy groups -OCH3 is 1. The Hall–Kier alpha value is -0.580. The maximum atomic E-state index is 12.6. The highest BCUT2D eigenvalue weighted by Crippen LogP contribution is 2.51. The average Bonchev–Trinajstić information content (AvgIpc) is 3.17. The second kappa shape index (κ2) is 6.04. The van der Waals surface area contributed by atoms with Crippen LogP contribution in [-0.4, -0.2) is 32.5 Å². The van der Waals surface area contributed by atoms with Crippen LogP contribution in [0.25, 0.3) is 0 Å². The van der Waals surface area contributed by atoms with Crippen molar-refractivity contribution in [2.24, 2.45) is 11.3 Å². The predicted molar refractivity (Wildman–Crippen MR) is 78.1 cm³/mol. The molecule has 2 unspecified atom stereocenters. The van der Waals surface area contributed by atoms with Gasteiger partial charge < -0.3 is 4.74 Å². The molecular weight excluding hydrogens is 276 g/mol. The zero-order valence-electron chi connectivity index (χ0n) is 12.6. The minimum absolute atomic E-state index is 0.177. The second-order valence-electron chi connectivity index (χ2n) is 6.62. The van der Waals surface area contributed by atoms with Gasteiger partial charge in [0.25, 0.3) is 0 Å². The zero-order valence-corrected chi connectivity index (χ0v) is 13.4. The first-order valence-electron chi connectivity index (χ1n) is 7.69. The van der Waals surface area contributed by atoms with Gasteiger partial charge in [0.05, 0.1) is 24.5 Å². The standard InChI is InChI=1S/C15H26O4S/c1-3-12-5-4-6-13(9-12)20(17,18)11-15(7-8-15)10-14(16)19-2/h12-13H,3-11H2,1-2H3. The van der Waals surface area contributed by atoms with Gasteiger partial charge in [-0.1, -0.05) is 26.2 Å². The summed E-state index contributed by atoms with van der Waals surface area (Å²) >= 11 is 0. The average molecular weight is 302 g/mol. The third-order valence-corrected chi connectivity index (χ3v) is 7.49. The Bertz CT molecular complexity index is 450. The topological polar surface area (TPSA) is 60.4 Å². The quantitative estimate of drug-likeness (QED) is 0.708. The van der Waals surface area contributed by atoms with E-state index in [4.69, 9.17) is 0 Å². The van der Waals surface area contributed by atoms with Crippen LogP contribution in [0.4, 0.5) is 0 Å². The van der Waals surface area contributed by atoms with Crippen molar-refractivity contribution in [3.8, 4) is 0 Å². The molecule has 0 N–H and O–H groups in total. The Morgan fingerprint density at radius 2 is 2.00 bits per heavy atom. The van der Waals surface area contributed by atoms with Crippen LogP contribution in [0.3, 0.4) is 0 Å². The first-order valence-corrected chi connectivity index (χ1v) is 9.41. The van der Waals surface area contributed by atoms with Gasteiger partial charge in [0.2, 0.25) is 0 Å². The molecular formula is C15H26O4S. The molecule has 0 aromatic carbocycles. The second-order valence-corrected chi connectivity index (χ2v) is 8.90. The summed E-state index contributed by atoms with van der Waals surface area (Å²) in [6.07, 6.45) is 6.80. The van der Waals surface area contributed by atoms with Crippen LogP contribution in [0.5, 0.6) is 0 Å². The SMILES string of the molecule is CCC1CCCC(S(=O)(=O)CC2(CC(=O)OC)CC2)C1. The number of esters is 1. The lowest BCUT2D eigenvalue weighted by Gasteiger charge is -2.29. The molecule has 0 bridgehead atoms. The van der Waals surface area contributed by atoms with E-state index in [1.165, 1.54) is 7.11 Å². The summed E-state index contributed by atoms with van der Waals surface area (Å²) in [6.45, 7) is 2.14. The van der Waals surface area contributed by atoms with E-state index in [0.29, 0.717) is 5.92 Å². The summed E-state index contributed by atoms with van der Waals surface area (Å²) in [5.41, 5.74) is -0.314. The molecule has 2 rings (SSSR count). The summed E-state index contributed by atoms with van der Waals surface area (Å²) in [4.78, 5) is 11.4. The van der Waals surface area contributed by atoms with Crippen molar-refractivity contribution in [1.82, 2.24) is 0 Å². The highest BCUT2D eigenvalue weighted by atomic mass is 32.2. The van der Waals surface area contributed by atoms with Crippen LogP contribution in [-0.2, 0) is 19.4 Å². The molecule has 0 heterocycles. The lowest BCUT2D eigenvalue weighted by atomic mass is 9.87. The van der Waals surface area contributed by atoms with E-state index in [9.17, 15) is 13.2 Å². The maximum absolute atomic E-state index is 12.6. The summed E-state index contributed by atoms with van der Waals surface area (Å²) in [6, 6.07) is 0. The molecule has 20 heavy (non-hydrogen) atoms. The van der Waals surface area contributed by atoms with Gasteiger partial charge in [0.15, 0.2) is 9.84 Å². The number of carbonyl (C=O) groups is 1. The molecule has 0 spiro atoms. The van der Waals surface area contributed by atoms with Gasteiger partial charge in [-0.2, -0.15) is 0 Å². The fraction of sp³-hybridized carbons (Fsp3) is 0.933. The maximum Gasteiger partial charge on any atom is 0.306 e. The minimum Gasteiger partial charge on any atom is -0.469 e. The lowest BCUT2D eigenvalue weighted by Crippen LogP contribution is -2.33. The van der Waals surface area contributed by atoms with Gasteiger partial charge in [-0.05, 0) is 37.0 Å². The van der Waals surface area contributed by atoms with Gasteiger partial charge in [-0.15, -0.1) is 0 Å². The van der Waals surface area contributed by atoms with Gasteiger partial charge in [0, 0.05) is 0 Å². The molecule has 0 amide bonds. The van der Waals surface area contributed by atoms with Crippen molar-refractivity contribution < 1.29 is 17.9 Å². The van der Waals surface area contributed by atoms with Crippen molar-refractivity contribution in [3.05, 3.63) is 0 Å². The fourth-order valence-electron chi connectivity index (χ4n) is 3.41. The van der Waals surface area contributed by atoms with Crippen molar-refractivity contribution in [3.63, 3.8) is 0 Å². The highest BCUT2D eigenvalue weighted by molar-refractivity contribution is 7.92. The van der Waals surface area contributed by atoms with Crippen LogP contribution in [0.15, 0.2) is 0 Å². The van der Waals surface area contributed by atoms with E-state index >= 15 is 0 Å². The smallest absolute Gasteiger partial charge is 0.306 e. The Labute approximate surface area is 122 Å². The molecule has 5 heteroatoms. The fourth-order valence-corrected chi connectivity index (χ4v) is 5.98. The third kappa shape index (κ3) is 3.74. The summed E-state index contributed by atoms with van der Waals surface area (Å²) in [7, 11) is -1.72. The summed E-state index contributed by atoms with van der Waals surface area (Å²) in [5.74, 6) is 0.447. The van der Waals surface area contributed by atoms with E-state index in [-0.39, 0.29) is 28.8 Å². The molecule has 2 aliphatic rings. The van der Waals surface area contributed by atoms with E-state index in [1.807, 2.05) is 0 Å². The normalized spacial score (nSPS) is 28.9. The van der Waals surface area contributed by atoms with Crippen LogP contribution in [0.2, 0.25) is 0 Å². The van der Waals surface area contributed by atoms with Crippen molar-refractivity contribution in [2.45, 2.75) is 63.5 Å². The van der Waals surface area contributed by atoms with E-state index < -0.39 is 9.84 Å². The Morgan fingerprint density at radius 3 is 2.55 bits per heavy atom. The Balaban J connectivity index is 1.98. The third-order valence-electron chi connectivity index (χ3n) is 5.03. The van der Waals surface area contributed by atoms with Gasteiger partial charge in [-0.3, -0.25) is 4.79 Å². The molecule has 0 radical (unpaired) electrons. The van der Waals surface area contributed by atoms with Crippen LogP contribution < -0.4 is 0 Å². The summed E-state index contributed by atoms with van der Waals surface area (Å²) in [5, 5.41) is -0.184. The molecule has 0 aliphatic heterocycles. The minimum atomic E-state index is -3.08. The van der Waals surface area contributed by atoms with Crippen LogP contribution in [0.1, 0.15) is 58.3 Å². The van der Waals surface area contributed by atoms with Crippen LogP contribution >= 0.6 is 0 Å². The molecule has 2 fully saturated rings. The van der Waals surface area contributed by atoms with E-state index in [1.54, 1.807) is 0 Å². The monoisotopic (exact) mass is 302 g/mol. The van der Waals surface area contributed by atoms with Gasteiger partial charge >= 0.3 is 5.97 Å². The first-order chi connectivity index (χ1) is 9.41. The zero-order chi connectivity index (χ0) is 14.8. The highest BCUT2D eigenvalue weighted by Gasteiger charge is 2.49. The number of ether oxygens (including phenoxy) is 1. The number of hydrogen-bond acceptors (Lipinski definition) is 4. The van der Waals surface area contributed by atoms with Crippen LogP contribution in [0, 0.1) is 11.3 Å². The Morgan fingerprint density at radius 1 is 1.30 bits per heavy atom. The molecule has 0 saturated heterocycles. The largest absolute Gasteiger partial charge is 0.469 e. The number of rotatable bonds is 6. The van der Waals surface area contributed by atoms with Crippen molar-refractivity contribution in [2.75, 3.05) is 12.9 Å². The number of sulfone groups is 1. The lowest BCUT2D eigenvalue weighted by molar-refractivity contribution is -0.141. The Kier molecular flexibility index (Phi) is 4.77. The molecule has 116 valence electrons. The van der Waals surface area contributed by atoms with E-state index in [0.717, 1.165) is 44.9 Å². The first kappa shape index (κ1) is 15.8.